The summed E-state index contributed by atoms with van der Waals surface area (Å²) < 4.78 is 0.505. The molecule has 0 atom stereocenters. The van der Waals surface area contributed by atoms with Crippen molar-refractivity contribution in [1.82, 2.24) is 0 Å². The number of phenols is 1. The lowest BCUT2D eigenvalue weighted by Gasteiger charge is -1.98. The molecule has 3 N–H and O–H groups in total. The minimum atomic E-state index is -0.517. The van der Waals surface area contributed by atoms with Crippen LogP contribution in [0.2, 0.25) is 0 Å². The zero-order valence-electron chi connectivity index (χ0n) is 5.54. The standard InChI is InChI=1S/C7H6BrNO2/c8-6-3-4(10)1-2-5(6)7(9)11/h1-3,10H,(H2,9,11). The van der Waals surface area contributed by atoms with Crippen molar-refractivity contribution in [2.24, 2.45) is 5.73 Å². The fraction of sp³-hybridized carbons (Fsp3) is 0. The van der Waals surface area contributed by atoms with Crippen molar-refractivity contribution in [2.75, 3.05) is 0 Å². The minimum Gasteiger partial charge on any atom is -0.508 e. The van der Waals surface area contributed by atoms with Crippen molar-refractivity contribution in [3.8, 4) is 5.75 Å². The van der Waals surface area contributed by atoms with Crippen molar-refractivity contribution in [3.63, 3.8) is 0 Å². The predicted molar refractivity (Wildman–Crippen MR) is 44.3 cm³/mol. The molecule has 1 aromatic rings. The molecule has 0 aliphatic carbocycles. The molecule has 0 radical (unpaired) electrons. The largest absolute Gasteiger partial charge is 0.508 e. The summed E-state index contributed by atoms with van der Waals surface area (Å²) in [6, 6.07) is 4.28. The van der Waals surface area contributed by atoms with Crippen molar-refractivity contribution < 1.29 is 9.90 Å². The number of benzene rings is 1. The summed E-state index contributed by atoms with van der Waals surface area (Å²) in [5.74, 6) is -0.418. The Hall–Kier alpha value is -1.03. The molecule has 0 aromatic heterocycles. The number of hydrogen-bond donors (Lipinski definition) is 2. The number of primary amides is 1. The molecule has 0 aliphatic rings. The SMILES string of the molecule is NC(=O)c1ccc(O)cc1Br. The summed E-state index contributed by atoms with van der Waals surface area (Å²) in [7, 11) is 0. The first kappa shape index (κ1) is 8.07. The van der Waals surface area contributed by atoms with Gasteiger partial charge in [0.05, 0.1) is 5.56 Å². The summed E-state index contributed by atoms with van der Waals surface area (Å²) in [5.41, 5.74) is 5.38. The normalized spacial score (nSPS) is 9.55. The van der Waals surface area contributed by atoms with Gasteiger partial charge in [0.25, 0.3) is 0 Å². The van der Waals surface area contributed by atoms with Gasteiger partial charge in [-0.2, -0.15) is 0 Å². The minimum absolute atomic E-state index is 0.0990. The van der Waals surface area contributed by atoms with Crippen LogP contribution >= 0.6 is 15.9 Å². The molecule has 58 valence electrons. The third-order valence-electron chi connectivity index (χ3n) is 1.22. The lowest BCUT2D eigenvalue weighted by atomic mass is 10.2. The Balaban J connectivity index is 3.20. The topological polar surface area (TPSA) is 63.3 Å². The average molecular weight is 216 g/mol. The van der Waals surface area contributed by atoms with E-state index in [4.69, 9.17) is 10.8 Å². The van der Waals surface area contributed by atoms with E-state index < -0.39 is 5.91 Å². The second-order valence-corrected chi connectivity index (χ2v) is 2.88. The molecule has 0 saturated heterocycles. The second kappa shape index (κ2) is 2.92. The number of hydrogen-bond acceptors (Lipinski definition) is 2. The molecule has 11 heavy (non-hydrogen) atoms. The fourth-order valence-corrected chi connectivity index (χ4v) is 1.27. The summed E-state index contributed by atoms with van der Waals surface area (Å²) in [5, 5.41) is 8.94. The fourth-order valence-electron chi connectivity index (χ4n) is 0.704. The van der Waals surface area contributed by atoms with Crippen LogP contribution in [0.4, 0.5) is 0 Å². The van der Waals surface area contributed by atoms with Crippen LogP contribution in [0.3, 0.4) is 0 Å². The number of phenolic OH excluding ortho intramolecular Hbond substituents is 1. The monoisotopic (exact) mass is 215 g/mol. The van der Waals surface area contributed by atoms with E-state index in [2.05, 4.69) is 15.9 Å². The molecule has 0 aliphatic heterocycles. The Labute approximate surface area is 72.0 Å². The van der Waals surface area contributed by atoms with E-state index in [0.717, 1.165) is 0 Å². The van der Waals surface area contributed by atoms with E-state index in [0.29, 0.717) is 10.0 Å². The van der Waals surface area contributed by atoms with Gasteiger partial charge in [-0.1, -0.05) is 0 Å². The Morgan fingerprint density at radius 1 is 1.55 bits per heavy atom. The Morgan fingerprint density at radius 3 is 2.64 bits per heavy atom. The molecule has 1 amide bonds. The number of rotatable bonds is 1. The first-order valence-corrected chi connectivity index (χ1v) is 3.69. The number of amides is 1. The van der Waals surface area contributed by atoms with E-state index >= 15 is 0 Å². The van der Waals surface area contributed by atoms with Gasteiger partial charge in [-0.25, -0.2) is 0 Å². The molecule has 4 heteroatoms. The molecule has 0 spiro atoms. The average Bonchev–Trinajstić information content (AvgIpc) is 1.85. The number of aromatic hydroxyl groups is 1. The van der Waals surface area contributed by atoms with E-state index in [1.807, 2.05) is 0 Å². The van der Waals surface area contributed by atoms with Crippen molar-refractivity contribution >= 4 is 21.8 Å². The van der Waals surface area contributed by atoms with Crippen LogP contribution in [-0.4, -0.2) is 11.0 Å². The molecular formula is C7H6BrNO2. The molecule has 3 nitrogen and oxygen atoms in total. The Bertz CT molecular complexity index is 298. The first-order chi connectivity index (χ1) is 5.11. The number of nitrogens with two attached hydrogens (primary N) is 1. The third-order valence-corrected chi connectivity index (χ3v) is 1.87. The van der Waals surface area contributed by atoms with Gasteiger partial charge >= 0.3 is 0 Å². The quantitative estimate of drug-likeness (QED) is 0.741. The van der Waals surface area contributed by atoms with Crippen molar-refractivity contribution in [1.29, 1.82) is 0 Å². The smallest absolute Gasteiger partial charge is 0.249 e. The van der Waals surface area contributed by atoms with Crippen LogP contribution in [0.15, 0.2) is 22.7 Å². The lowest BCUT2D eigenvalue weighted by Crippen LogP contribution is -2.11. The zero-order chi connectivity index (χ0) is 8.43. The van der Waals surface area contributed by atoms with Crippen LogP contribution in [-0.2, 0) is 0 Å². The molecule has 0 unspecified atom stereocenters. The number of carbonyl (C=O) groups is 1. The lowest BCUT2D eigenvalue weighted by molar-refractivity contribution is 0.0999. The van der Waals surface area contributed by atoms with Gasteiger partial charge in [0.15, 0.2) is 0 Å². The highest BCUT2D eigenvalue weighted by molar-refractivity contribution is 9.10. The van der Waals surface area contributed by atoms with Gasteiger partial charge in [-0.05, 0) is 34.1 Å². The zero-order valence-corrected chi connectivity index (χ0v) is 7.13. The van der Waals surface area contributed by atoms with Gasteiger partial charge < -0.3 is 10.8 Å². The maximum Gasteiger partial charge on any atom is 0.249 e. The molecule has 0 bridgehead atoms. The molecule has 0 fully saturated rings. The third kappa shape index (κ3) is 1.71. The van der Waals surface area contributed by atoms with Crippen LogP contribution in [0, 0.1) is 0 Å². The predicted octanol–water partition coefficient (Wildman–Crippen LogP) is 1.25. The highest BCUT2D eigenvalue weighted by Gasteiger charge is 2.05. The Kier molecular flexibility index (Phi) is 2.14. The maximum absolute atomic E-state index is 10.6. The van der Waals surface area contributed by atoms with Crippen LogP contribution in [0.5, 0.6) is 5.75 Å². The van der Waals surface area contributed by atoms with E-state index in [-0.39, 0.29) is 5.75 Å². The molecule has 1 rings (SSSR count). The van der Waals surface area contributed by atoms with Gasteiger partial charge in [-0.15, -0.1) is 0 Å². The highest BCUT2D eigenvalue weighted by Crippen LogP contribution is 2.21. The molecule has 0 heterocycles. The highest BCUT2D eigenvalue weighted by atomic mass is 79.9. The Morgan fingerprint density at radius 2 is 2.18 bits per heavy atom. The second-order valence-electron chi connectivity index (χ2n) is 2.03. The van der Waals surface area contributed by atoms with Gasteiger partial charge in [0.1, 0.15) is 5.75 Å². The van der Waals surface area contributed by atoms with E-state index in [1.165, 1.54) is 18.2 Å². The van der Waals surface area contributed by atoms with Crippen LogP contribution in [0.1, 0.15) is 10.4 Å². The molecule has 0 saturated carbocycles. The van der Waals surface area contributed by atoms with Crippen molar-refractivity contribution in [3.05, 3.63) is 28.2 Å². The summed E-state index contributed by atoms with van der Waals surface area (Å²) in [6.07, 6.45) is 0. The summed E-state index contributed by atoms with van der Waals surface area (Å²) in [4.78, 5) is 10.6. The maximum atomic E-state index is 10.6. The number of carbonyl (C=O) groups excluding carboxylic acids is 1. The summed E-state index contributed by atoms with van der Waals surface area (Å²) >= 11 is 3.09. The van der Waals surface area contributed by atoms with Gasteiger partial charge in [0, 0.05) is 4.47 Å². The van der Waals surface area contributed by atoms with Crippen LogP contribution < -0.4 is 5.73 Å². The van der Waals surface area contributed by atoms with E-state index in [1.54, 1.807) is 0 Å². The summed E-state index contributed by atoms with van der Waals surface area (Å²) in [6.45, 7) is 0. The van der Waals surface area contributed by atoms with E-state index in [9.17, 15) is 4.79 Å². The van der Waals surface area contributed by atoms with Gasteiger partial charge in [0.2, 0.25) is 5.91 Å². The molecule has 1 aromatic carbocycles. The van der Waals surface area contributed by atoms with Crippen molar-refractivity contribution in [2.45, 2.75) is 0 Å². The number of halogens is 1. The first-order valence-electron chi connectivity index (χ1n) is 2.89. The van der Waals surface area contributed by atoms with Crippen LogP contribution in [0.25, 0.3) is 0 Å². The van der Waals surface area contributed by atoms with Gasteiger partial charge in [-0.3, -0.25) is 4.79 Å². The molecular weight excluding hydrogens is 210 g/mol.